The number of guanidine groups is 1. The molecule has 0 radical (unpaired) electrons. The van der Waals surface area contributed by atoms with Gasteiger partial charge in [0.15, 0.2) is 5.96 Å². The van der Waals surface area contributed by atoms with Gasteiger partial charge in [0.05, 0.1) is 6.42 Å². The summed E-state index contributed by atoms with van der Waals surface area (Å²) in [7, 11) is 1.66. The molecule has 0 rings (SSSR count). The van der Waals surface area contributed by atoms with E-state index < -0.39 is 5.97 Å². The molecule has 13 heavy (non-hydrogen) atoms. The van der Waals surface area contributed by atoms with Crippen LogP contribution >= 0.6 is 0 Å². The molecule has 0 unspecified atom stereocenters. The molecule has 0 aliphatic heterocycles. The predicted molar refractivity (Wildman–Crippen MR) is 49.4 cm³/mol. The molecule has 0 aromatic carbocycles. The molecule has 0 heterocycles. The Morgan fingerprint density at radius 2 is 2.23 bits per heavy atom. The van der Waals surface area contributed by atoms with Crippen LogP contribution in [0.25, 0.3) is 0 Å². The van der Waals surface area contributed by atoms with Crippen molar-refractivity contribution in [1.82, 2.24) is 4.90 Å². The normalized spacial score (nSPS) is 12.2. The minimum Gasteiger partial charge on any atom is -0.481 e. The summed E-state index contributed by atoms with van der Waals surface area (Å²) >= 11 is 0. The average molecular weight is 188 g/mol. The standard InChI is InChI=1S/C7H16N4O2/c1-11(7(9)10)3-2-5(8)4-6(12)13/h5H,2-4,8H2,1H3,(H3,9,10)(H,12,13)/t5-/m1/s1. The number of aliphatic carboxylic acids is 1. The molecule has 6 N–H and O–H groups in total. The van der Waals surface area contributed by atoms with Crippen LogP contribution in [0.4, 0.5) is 0 Å². The molecule has 1 atom stereocenters. The lowest BCUT2D eigenvalue weighted by Gasteiger charge is -2.18. The van der Waals surface area contributed by atoms with E-state index in [4.69, 9.17) is 22.0 Å². The topological polar surface area (TPSA) is 116 Å². The Morgan fingerprint density at radius 1 is 1.69 bits per heavy atom. The van der Waals surface area contributed by atoms with Gasteiger partial charge in [-0.05, 0) is 6.42 Å². The largest absolute Gasteiger partial charge is 0.481 e. The SMILES string of the molecule is CN(CC[C@@H](N)CC(=O)O)C(=N)N. The van der Waals surface area contributed by atoms with Gasteiger partial charge < -0.3 is 21.5 Å². The van der Waals surface area contributed by atoms with Crippen LogP contribution in [-0.2, 0) is 4.79 Å². The van der Waals surface area contributed by atoms with E-state index in [2.05, 4.69) is 0 Å². The van der Waals surface area contributed by atoms with Gasteiger partial charge in [-0.1, -0.05) is 0 Å². The van der Waals surface area contributed by atoms with E-state index in [-0.39, 0.29) is 18.4 Å². The molecule has 0 spiro atoms. The molecule has 0 aliphatic rings. The zero-order valence-corrected chi connectivity index (χ0v) is 7.66. The van der Waals surface area contributed by atoms with Crippen molar-refractivity contribution in [2.75, 3.05) is 13.6 Å². The van der Waals surface area contributed by atoms with Gasteiger partial charge in [-0.25, -0.2) is 0 Å². The Kier molecular flexibility index (Phi) is 4.83. The molecule has 6 heteroatoms. The van der Waals surface area contributed by atoms with Gasteiger partial charge in [0.25, 0.3) is 0 Å². The van der Waals surface area contributed by atoms with Crippen molar-refractivity contribution in [3.05, 3.63) is 0 Å². The summed E-state index contributed by atoms with van der Waals surface area (Å²) in [4.78, 5) is 11.7. The first-order chi connectivity index (χ1) is 5.93. The summed E-state index contributed by atoms with van der Waals surface area (Å²) < 4.78 is 0. The van der Waals surface area contributed by atoms with Crippen LogP contribution < -0.4 is 11.5 Å². The Morgan fingerprint density at radius 3 is 2.62 bits per heavy atom. The van der Waals surface area contributed by atoms with Crippen molar-refractivity contribution >= 4 is 11.9 Å². The van der Waals surface area contributed by atoms with Crippen LogP contribution in [0.5, 0.6) is 0 Å². The van der Waals surface area contributed by atoms with Gasteiger partial charge >= 0.3 is 5.97 Å². The van der Waals surface area contributed by atoms with Crippen molar-refractivity contribution in [3.63, 3.8) is 0 Å². The molecule has 0 aromatic heterocycles. The third kappa shape index (κ3) is 5.92. The predicted octanol–water partition coefficient (Wildman–Crippen LogP) is -0.996. The number of hydrogen-bond acceptors (Lipinski definition) is 3. The fourth-order valence-corrected chi connectivity index (χ4v) is 0.806. The van der Waals surface area contributed by atoms with E-state index >= 15 is 0 Å². The maximum absolute atomic E-state index is 10.2. The van der Waals surface area contributed by atoms with Crippen molar-refractivity contribution in [2.45, 2.75) is 18.9 Å². The maximum atomic E-state index is 10.2. The van der Waals surface area contributed by atoms with Crippen molar-refractivity contribution in [1.29, 1.82) is 5.41 Å². The molecule has 0 bridgehead atoms. The van der Waals surface area contributed by atoms with E-state index in [1.165, 1.54) is 4.90 Å². The van der Waals surface area contributed by atoms with Gasteiger partial charge in [-0.3, -0.25) is 10.2 Å². The Bertz CT molecular complexity index is 195. The van der Waals surface area contributed by atoms with Crippen LogP contribution in [0.3, 0.4) is 0 Å². The Balaban J connectivity index is 3.63. The van der Waals surface area contributed by atoms with Gasteiger partial charge in [0, 0.05) is 19.6 Å². The number of hydrogen-bond donors (Lipinski definition) is 4. The first-order valence-electron chi connectivity index (χ1n) is 3.96. The minimum absolute atomic E-state index is 0.0393. The highest BCUT2D eigenvalue weighted by molar-refractivity contribution is 5.74. The number of carboxylic acid groups (broad SMARTS) is 1. The van der Waals surface area contributed by atoms with Crippen molar-refractivity contribution in [2.24, 2.45) is 11.5 Å². The molecular weight excluding hydrogens is 172 g/mol. The molecular formula is C7H16N4O2. The van der Waals surface area contributed by atoms with Gasteiger partial charge in [0.2, 0.25) is 0 Å². The number of carboxylic acids is 1. The van der Waals surface area contributed by atoms with Crippen LogP contribution in [0.2, 0.25) is 0 Å². The fraction of sp³-hybridized carbons (Fsp3) is 0.714. The number of rotatable bonds is 5. The zero-order chi connectivity index (χ0) is 10.4. The molecule has 0 saturated heterocycles. The molecule has 0 fully saturated rings. The molecule has 6 nitrogen and oxygen atoms in total. The summed E-state index contributed by atoms with van der Waals surface area (Å²) in [5, 5.41) is 15.4. The molecule has 0 aromatic rings. The first-order valence-corrected chi connectivity index (χ1v) is 3.96. The summed E-state index contributed by atoms with van der Waals surface area (Å²) in [6.45, 7) is 0.504. The van der Waals surface area contributed by atoms with Gasteiger partial charge in [0.1, 0.15) is 0 Å². The van der Waals surface area contributed by atoms with E-state index in [0.717, 1.165) is 0 Å². The third-order valence-corrected chi connectivity index (χ3v) is 1.68. The lowest BCUT2D eigenvalue weighted by Crippen LogP contribution is -2.36. The van der Waals surface area contributed by atoms with Crippen molar-refractivity contribution in [3.8, 4) is 0 Å². The third-order valence-electron chi connectivity index (χ3n) is 1.68. The van der Waals surface area contributed by atoms with Crippen LogP contribution in [0.1, 0.15) is 12.8 Å². The number of nitrogens with two attached hydrogens (primary N) is 2. The highest BCUT2D eigenvalue weighted by Crippen LogP contribution is 1.96. The van der Waals surface area contributed by atoms with Crippen LogP contribution in [0.15, 0.2) is 0 Å². The summed E-state index contributed by atoms with van der Waals surface area (Å²) in [6.07, 6.45) is 0.466. The van der Waals surface area contributed by atoms with E-state index in [1.807, 2.05) is 0 Å². The first kappa shape index (κ1) is 11.7. The Hall–Kier alpha value is -1.30. The average Bonchev–Trinajstić information content (AvgIpc) is 1.98. The number of carbonyl (C=O) groups is 1. The zero-order valence-electron chi connectivity index (χ0n) is 7.66. The molecule has 0 saturated carbocycles. The minimum atomic E-state index is -0.905. The highest BCUT2D eigenvalue weighted by atomic mass is 16.4. The maximum Gasteiger partial charge on any atom is 0.304 e. The second-order valence-electron chi connectivity index (χ2n) is 2.95. The lowest BCUT2D eigenvalue weighted by molar-refractivity contribution is -0.137. The number of nitrogens with one attached hydrogen (secondary N) is 1. The summed E-state index contributed by atoms with van der Waals surface area (Å²) in [5.41, 5.74) is 10.7. The van der Waals surface area contributed by atoms with Crippen LogP contribution in [0, 0.1) is 5.41 Å². The van der Waals surface area contributed by atoms with Gasteiger partial charge in [-0.2, -0.15) is 0 Å². The summed E-state index contributed by atoms with van der Waals surface area (Å²) in [6, 6.07) is -0.376. The molecule has 76 valence electrons. The van der Waals surface area contributed by atoms with Crippen molar-refractivity contribution < 1.29 is 9.90 Å². The quantitative estimate of drug-likeness (QED) is 0.326. The Labute approximate surface area is 77.0 Å². The monoisotopic (exact) mass is 188 g/mol. The number of nitrogens with zero attached hydrogens (tertiary/aromatic N) is 1. The second kappa shape index (κ2) is 5.36. The molecule has 0 amide bonds. The van der Waals surface area contributed by atoms with E-state index in [0.29, 0.717) is 13.0 Å². The van der Waals surface area contributed by atoms with Gasteiger partial charge in [-0.15, -0.1) is 0 Å². The smallest absolute Gasteiger partial charge is 0.304 e. The van der Waals surface area contributed by atoms with Crippen LogP contribution in [-0.4, -0.2) is 41.6 Å². The highest BCUT2D eigenvalue weighted by Gasteiger charge is 2.09. The fourth-order valence-electron chi connectivity index (χ4n) is 0.806. The van der Waals surface area contributed by atoms with E-state index in [1.54, 1.807) is 7.05 Å². The summed E-state index contributed by atoms with van der Waals surface area (Å²) in [5.74, 6) is -0.944. The molecule has 0 aliphatic carbocycles. The second-order valence-corrected chi connectivity index (χ2v) is 2.95. The van der Waals surface area contributed by atoms with E-state index in [9.17, 15) is 4.79 Å². The lowest BCUT2D eigenvalue weighted by atomic mass is 10.1.